The van der Waals surface area contributed by atoms with Crippen LogP contribution in [0.3, 0.4) is 0 Å². The average Bonchev–Trinajstić information content (AvgIpc) is 2.83. The van der Waals surface area contributed by atoms with Gasteiger partial charge >= 0.3 is 0 Å². The number of rotatable bonds is 4. The Morgan fingerprint density at radius 2 is 2.33 bits per heavy atom. The van der Waals surface area contributed by atoms with E-state index in [1.165, 1.54) is 16.4 Å². The second kappa shape index (κ2) is 5.05. The molecule has 80 valence electrons. The van der Waals surface area contributed by atoms with Gasteiger partial charge in [0.05, 0.1) is 10.3 Å². The SMILES string of the molecule is CCc1nsc(NCc2ccc(Br)s2)n1. The molecule has 6 heteroatoms. The smallest absolute Gasteiger partial charge is 0.202 e. The van der Waals surface area contributed by atoms with E-state index in [9.17, 15) is 0 Å². The normalized spacial score (nSPS) is 10.5. The fourth-order valence-corrected chi connectivity index (χ4v) is 3.15. The summed E-state index contributed by atoms with van der Waals surface area (Å²) < 4.78 is 5.37. The van der Waals surface area contributed by atoms with Gasteiger partial charge in [-0.1, -0.05) is 6.92 Å². The molecule has 0 radical (unpaired) electrons. The summed E-state index contributed by atoms with van der Waals surface area (Å²) in [7, 11) is 0. The number of aryl methyl sites for hydroxylation is 1. The molecule has 0 spiro atoms. The average molecular weight is 304 g/mol. The van der Waals surface area contributed by atoms with Crippen LogP contribution >= 0.6 is 38.8 Å². The second-order valence-electron chi connectivity index (χ2n) is 2.93. The van der Waals surface area contributed by atoms with Crippen LogP contribution in [0.1, 0.15) is 17.6 Å². The van der Waals surface area contributed by atoms with Gasteiger partial charge in [-0.2, -0.15) is 4.37 Å². The zero-order valence-electron chi connectivity index (χ0n) is 8.16. The number of aromatic nitrogens is 2. The fourth-order valence-electron chi connectivity index (χ4n) is 1.08. The maximum Gasteiger partial charge on any atom is 0.202 e. The third kappa shape index (κ3) is 2.99. The highest BCUT2D eigenvalue weighted by Crippen LogP contribution is 2.23. The summed E-state index contributed by atoms with van der Waals surface area (Å²) in [5.41, 5.74) is 0. The van der Waals surface area contributed by atoms with Gasteiger partial charge in [0.15, 0.2) is 0 Å². The van der Waals surface area contributed by atoms with Gasteiger partial charge in [0.25, 0.3) is 0 Å². The molecule has 2 aromatic heterocycles. The molecule has 0 bridgehead atoms. The van der Waals surface area contributed by atoms with E-state index in [2.05, 4.69) is 49.7 Å². The molecule has 0 amide bonds. The monoisotopic (exact) mass is 303 g/mol. The van der Waals surface area contributed by atoms with E-state index in [0.29, 0.717) is 0 Å². The van der Waals surface area contributed by atoms with Crippen molar-refractivity contribution in [2.75, 3.05) is 5.32 Å². The van der Waals surface area contributed by atoms with E-state index < -0.39 is 0 Å². The Kier molecular flexibility index (Phi) is 3.71. The molecule has 15 heavy (non-hydrogen) atoms. The number of anilines is 1. The summed E-state index contributed by atoms with van der Waals surface area (Å²) in [5, 5.41) is 4.16. The van der Waals surface area contributed by atoms with E-state index in [4.69, 9.17) is 0 Å². The standard InChI is InChI=1S/C9H10BrN3S2/c1-2-8-12-9(15-13-8)11-5-6-3-4-7(10)14-6/h3-4H,2,5H2,1H3,(H,11,12,13). The number of hydrogen-bond donors (Lipinski definition) is 1. The van der Waals surface area contributed by atoms with Crippen molar-refractivity contribution >= 4 is 43.9 Å². The van der Waals surface area contributed by atoms with Crippen LogP contribution in [-0.4, -0.2) is 9.36 Å². The first-order valence-electron chi connectivity index (χ1n) is 4.58. The molecule has 2 rings (SSSR count). The highest BCUT2D eigenvalue weighted by Gasteiger charge is 2.02. The largest absolute Gasteiger partial charge is 0.355 e. The maximum absolute atomic E-state index is 4.34. The first-order valence-corrected chi connectivity index (χ1v) is 6.97. The summed E-state index contributed by atoms with van der Waals surface area (Å²) >= 11 is 6.59. The van der Waals surface area contributed by atoms with Crippen molar-refractivity contribution in [2.45, 2.75) is 19.9 Å². The first-order chi connectivity index (χ1) is 7.28. The molecule has 2 heterocycles. The molecule has 1 N–H and O–H groups in total. The predicted molar refractivity (Wildman–Crippen MR) is 68.6 cm³/mol. The van der Waals surface area contributed by atoms with Gasteiger partial charge in [-0.3, -0.25) is 0 Å². The van der Waals surface area contributed by atoms with Gasteiger partial charge in [0.1, 0.15) is 5.82 Å². The molecule has 0 aromatic carbocycles. The number of halogens is 1. The second-order valence-corrected chi connectivity index (χ2v) is 6.23. The first kappa shape index (κ1) is 11.0. The van der Waals surface area contributed by atoms with Crippen molar-refractivity contribution in [3.63, 3.8) is 0 Å². The topological polar surface area (TPSA) is 37.8 Å². The molecule has 0 saturated carbocycles. The molecule has 2 aromatic rings. The van der Waals surface area contributed by atoms with E-state index in [-0.39, 0.29) is 0 Å². The predicted octanol–water partition coefficient (Wildman–Crippen LogP) is 3.54. The van der Waals surface area contributed by atoms with Crippen LogP contribution in [0.5, 0.6) is 0 Å². The Labute approximate surface area is 105 Å². The third-order valence-electron chi connectivity index (χ3n) is 1.83. The van der Waals surface area contributed by atoms with Gasteiger partial charge in [-0.05, 0) is 28.1 Å². The Bertz CT molecular complexity index is 438. The summed E-state index contributed by atoms with van der Waals surface area (Å²) in [5.74, 6) is 0.912. The highest BCUT2D eigenvalue weighted by molar-refractivity contribution is 9.11. The lowest BCUT2D eigenvalue weighted by molar-refractivity contribution is 0.994. The molecular formula is C9H10BrN3S2. The lowest BCUT2D eigenvalue weighted by Gasteiger charge is -1.97. The van der Waals surface area contributed by atoms with Crippen molar-refractivity contribution in [1.29, 1.82) is 0 Å². The van der Waals surface area contributed by atoms with E-state index in [1.807, 2.05) is 0 Å². The number of thiophene rings is 1. The summed E-state index contributed by atoms with van der Waals surface area (Å²) in [6.45, 7) is 2.87. The summed E-state index contributed by atoms with van der Waals surface area (Å²) in [4.78, 5) is 5.63. The Hall–Kier alpha value is -0.460. The molecule has 0 aliphatic rings. The minimum Gasteiger partial charge on any atom is -0.355 e. The lowest BCUT2D eigenvalue weighted by Crippen LogP contribution is -1.96. The zero-order valence-corrected chi connectivity index (χ0v) is 11.4. The molecule has 0 unspecified atom stereocenters. The van der Waals surface area contributed by atoms with Crippen LogP contribution in [0.4, 0.5) is 5.13 Å². The number of nitrogens with zero attached hydrogens (tertiary/aromatic N) is 2. The molecule has 3 nitrogen and oxygen atoms in total. The maximum atomic E-state index is 4.34. The Morgan fingerprint density at radius 3 is 2.93 bits per heavy atom. The van der Waals surface area contributed by atoms with Crippen LogP contribution in [0.15, 0.2) is 15.9 Å². The molecule has 0 aliphatic carbocycles. The van der Waals surface area contributed by atoms with Gasteiger partial charge in [-0.15, -0.1) is 11.3 Å². The number of nitrogens with one attached hydrogen (secondary N) is 1. The van der Waals surface area contributed by atoms with Gasteiger partial charge in [0, 0.05) is 22.8 Å². The fraction of sp³-hybridized carbons (Fsp3) is 0.333. The van der Waals surface area contributed by atoms with Gasteiger partial charge in [0.2, 0.25) is 5.13 Å². The van der Waals surface area contributed by atoms with Crippen molar-refractivity contribution < 1.29 is 0 Å². The quantitative estimate of drug-likeness (QED) is 0.939. The minimum atomic E-state index is 0.814. The van der Waals surface area contributed by atoms with E-state index >= 15 is 0 Å². The lowest BCUT2D eigenvalue weighted by atomic mass is 10.5. The van der Waals surface area contributed by atoms with Gasteiger partial charge < -0.3 is 5.32 Å². The van der Waals surface area contributed by atoms with Crippen LogP contribution in [0.25, 0.3) is 0 Å². The van der Waals surface area contributed by atoms with Crippen molar-refractivity contribution in [3.05, 3.63) is 26.6 Å². The zero-order chi connectivity index (χ0) is 10.7. The van der Waals surface area contributed by atoms with Crippen LogP contribution in [-0.2, 0) is 13.0 Å². The van der Waals surface area contributed by atoms with Gasteiger partial charge in [-0.25, -0.2) is 4.98 Å². The summed E-state index contributed by atoms with van der Waals surface area (Å²) in [6.07, 6.45) is 0.892. The van der Waals surface area contributed by atoms with E-state index in [0.717, 1.165) is 27.7 Å². The van der Waals surface area contributed by atoms with Crippen LogP contribution in [0, 0.1) is 0 Å². The molecule has 0 saturated heterocycles. The minimum absolute atomic E-state index is 0.814. The molecule has 0 fully saturated rings. The molecular weight excluding hydrogens is 294 g/mol. The number of hydrogen-bond acceptors (Lipinski definition) is 5. The molecule has 0 aliphatic heterocycles. The van der Waals surface area contributed by atoms with Crippen molar-refractivity contribution in [1.82, 2.24) is 9.36 Å². The van der Waals surface area contributed by atoms with Crippen LogP contribution in [0.2, 0.25) is 0 Å². The Balaban J connectivity index is 1.93. The van der Waals surface area contributed by atoms with E-state index in [1.54, 1.807) is 11.3 Å². The summed E-state index contributed by atoms with van der Waals surface area (Å²) in [6, 6.07) is 4.16. The van der Waals surface area contributed by atoms with Crippen molar-refractivity contribution in [2.24, 2.45) is 0 Å². The van der Waals surface area contributed by atoms with Crippen LogP contribution < -0.4 is 5.32 Å². The third-order valence-corrected chi connectivity index (χ3v) is 4.16. The molecule has 0 atom stereocenters. The van der Waals surface area contributed by atoms with Crippen molar-refractivity contribution in [3.8, 4) is 0 Å². The Morgan fingerprint density at radius 1 is 1.47 bits per heavy atom. The highest BCUT2D eigenvalue weighted by atomic mass is 79.9.